The molecular weight excluding hydrogens is 214 g/mol. The Labute approximate surface area is 98.5 Å². The van der Waals surface area contributed by atoms with E-state index in [1.807, 2.05) is 42.6 Å². The van der Waals surface area contributed by atoms with Gasteiger partial charge in [-0.05, 0) is 36.4 Å². The molecule has 0 saturated heterocycles. The molecule has 0 saturated carbocycles. The van der Waals surface area contributed by atoms with Crippen LogP contribution in [0.15, 0.2) is 48.8 Å². The lowest BCUT2D eigenvalue weighted by molar-refractivity contribution is 0.415. The van der Waals surface area contributed by atoms with E-state index in [1.54, 1.807) is 17.8 Å². The highest BCUT2D eigenvalue weighted by Crippen LogP contribution is 2.20. The van der Waals surface area contributed by atoms with E-state index >= 15 is 0 Å². The molecule has 0 unspecified atom stereocenters. The van der Waals surface area contributed by atoms with E-state index in [0.29, 0.717) is 0 Å². The number of methoxy groups -OCH3 is 1. The van der Waals surface area contributed by atoms with E-state index in [1.165, 1.54) is 0 Å². The minimum atomic E-state index is 0.845. The molecule has 0 radical (unpaired) electrons. The predicted molar refractivity (Wildman–Crippen MR) is 65.0 cm³/mol. The molecule has 1 aromatic carbocycles. The Morgan fingerprint density at radius 2 is 1.88 bits per heavy atom. The fourth-order valence-corrected chi connectivity index (χ4v) is 1.73. The van der Waals surface area contributed by atoms with Gasteiger partial charge in [-0.25, -0.2) is 9.50 Å². The number of fused-ring (bicyclic) bond motifs is 1. The van der Waals surface area contributed by atoms with Crippen molar-refractivity contribution >= 4 is 5.65 Å². The van der Waals surface area contributed by atoms with E-state index in [4.69, 9.17) is 4.74 Å². The van der Waals surface area contributed by atoms with Gasteiger partial charge in [0.15, 0.2) is 5.65 Å². The van der Waals surface area contributed by atoms with E-state index in [0.717, 1.165) is 22.7 Å². The molecule has 2 heterocycles. The first-order valence-electron chi connectivity index (χ1n) is 5.31. The first-order valence-corrected chi connectivity index (χ1v) is 5.31. The summed E-state index contributed by atoms with van der Waals surface area (Å²) in [6, 6.07) is 11.7. The smallest absolute Gasteiger partial charge is 0.153 e. The molecule has 0 bridgehead atoms. The SMILES string of the molecule is COc1ccc(-c2ccc3nccn3n2)cc1. The molecule has 3 aromatic rings. The summed E-state index contributed by atoms with van der Waals surface area (Å²) < 4.78 is 6.89. The Hall–Kier alpha value is -2.36. The number of rotatable bonds is 2. The van der Waals surface area contributed by atoms with Gasteiger partial charge in [-0.15, -0.1) is 0 Å². The molecule has 0 aliphatic carbocycles. The minimum absolute atomic E-state index is 0.845. The van der Waals surface area contributed by atoms with Gasteiger partial charge >= 0.3 is 0 Å². The maximum atomic E-state index is 5.13. The average Bonchev–Trinajstić information content (AvgIpc) is 2.86. The van der Waals surface area contributed by atoms with Crippen molar-refractivity contribution in [3.05, 3.63) is 48.8 Å². The topological polar surface area (TPSA) is 39.4 Å². The van der Waals surface area contributed by atoms with Crippen molar-refractivity contribution in [2.24, 2.45) is 0 Å². The van der Waals surface area contributed by atoms with Gasteiger partial charge in [-0.2, -0.15) is 5.10 Å². The summed E-state index contributed by atoms with van der Waals surface area (Å²) in [5, 5.41) is 4.47. The van der Waals surface area contributed by atoms with Crippen LogP contribution in [0.5, 0.6) is 5.75 Å². The van der Waals surface area contributed by atoms with Crippen LogP contribution in [0.4, 0.5) is 0 Å². The van der Waals surface area contributed by atoms with Crippen LogP contribution in [0.1, 0.15) is 0 Å². The number of imidazole rings is 1. The minimum Gasteiger partial charge on any atom is -0.497 e. The zero-order chi connectivity index (χ0) is 11.7. The van der Waals surface area contributed by atoms with Gasteiger partial charge in [-0.3, -0.25) is 0 Å². The molecule has 0 aliphatic heterocycles. The fraction of sp³-hybridized carbons (Fsp3) is 0.0769. The second-order valence-corrected chi connectivity index (χ2v) is 3.68. The number of hydrogen-bond donors (Lipinski definition) is 0. The zero-order valence-electron chi connectivity index (χ0n) is 9.37. The predicted octanol–water partition coefficient (Wildman–Crippen LogP) is 2.40. The maximum Gasteiger partial charge on any atom is 0.153 e. The summed E-state index contributed by atoms with van der Waals surface area (Å²) in [6.07, 6.45) is 3.57. The molecule has 2 aromatic heterocycles. The molecule has 0 amide bonds. The number of nitrogens with zero attached hydrogens (tertiary/aromatic N) is 3. The summed E-state index contributed by atoms with van der Waals surface area (Å²) in [5.41, 5.74) is 2.82. The van der Waals surface area contributed by atoms with Crippen LogP contribution in [0.25, 0.3) is 16.9 Å². The van der Waals surface area contributed by atoms with Crippen LogP contribution < -0.4 is 4.74 Å². The number of ether oxygens (including phenoxy) is 1. The summed E-state index contributed by atoms with van der Waals surface area (Å²) in [5.74, 6) is 0.845. The highest BCUT2D eigenvalue weighted by atomic mass is 16.5. The van der Waals surface area contributed by atoms with Crippen molar-refractivity contribution in [2.45, 2.75) is 0 Å². The third-order valence-corrected chi connectivity index (χ3v) is 2.64. The zero-order valence-corrected chi connectivity index (χ0v) is 9.37. The Kier molecular flexibility index (Phi) is 2.26. The lowest BCUT2D eigenvalue weighted by atomic mass is 10.1. The Balaban J connectivity index is 2.06. The van der Waals surface area contributed by atoms with Crippen LogP contribution in [-0.4, -0.2) is 21.7 Å². The number of aromatic nitrogens is 3. The van der Waals surface area contributed by atoms with Crippen molar-refractivity contribution in [1.29, 1.82) is 0 Å². The molecule has 17 heavy (non-hydrogen) atoms. The Bertz CT molecular complexity index is 643. The van der Waals surface area contributed by atoms with Gasteiger partial charge in [0.2, 0.25) is 0 Å². The largest absolute Gasteiger partial charge is 0.497 e. The lowest BCUT2D eigenvalue weighted by Crippen LogP contribution is -1.93. The molecule has 0 atom stereocenters. The first-order chi connectivity index (χ1) is 8.36. The molecule has 0 aliphatic rings. The van der Waals surface area contributed by atoms with E-state index < -0.39 is 0 Å². The second-order valence-electron chi connectivity index (χ2n) is 3.68. The van der Waals surface area contributed by atoms with Crippen molar-refractivity contribution in [3.8, 4) is 17.0 Å². The summed E-state index contributed by atoms with van der Waals surface area (Å²) in [7, 11) is 1.66. The lowest BCUT2D eigenvalue weighted by Gasteiger charge is -2.03. The summed E-state index contributed by atoms with van der Waals surface area (Å²) >= 11 is 0. The van der Waals surface area contributed by atoms with Gasteiger partial charge in [0.05, 0.1) is 12.8 Å². The van der Waals surface area contributed by atoms with E-state index in [9.17, 15) is 0 Å². The summed E-state index contributed by atoms with van der Waals surface area (Å²) in [6.45, 7) is 0. The van der Waals surface area contributed by atoms with Crippen molar-refractivity contribution in [1.82, 2.24) is 14.6 Å². The molecule has 0 fully saturated rings. The molecule has 4 heteroatoms. The normalized spacial score (nSPS) is 10.6. The van der Waals surface area contributed by atoms with Crippen LogP contribution in [0.2, 0.25) is 0 Å². The molecule has 4 nitrogen and oxygen atoms in total. The van der Waals surface area contributed by atoms with E-state index in [2.05, 4.69) is 10.1 Å². The average molecular weight is 225 g/mol. The van der Waals surface area contributed by atoms with Crippen LogP contribution in [0.3, 0.4) is 0 Å². The van der Waals surface area contributed by atoms with Gasteiger partial charge in [-0.1, -0.05) is 0 Å². The highest BCUT2D eigenvalue weighted by molar-refractivity contribution is 5.61. The highest BCUT2D eigenvalue weighted by Gasteiger charge is 2.02. The maximum absolute atomic E-state index is 5.13. The number of hydrogen-bond acceptors (Lipinski definition) is 3. The Morgan fingerprint density at radius 3 is 2.65 bits per heavy atom. The van der Waals surface area contributed by atoms with Gasteiger partial charge < -0.3 is 4.74 Å². The quantitative estimate of drug-likeness (QED) is 0.672. The third kappa shape index (κ3) is 1.73. The molecule has 0 spiro atoms. The molecule has 0 N–H and O–H groups in total. The second kappa shape index (κ2) is 3.90. The van der Waals surface area contributed by atoms with Crippen LogP contribution in [-0.2, 0) is 0 Å². The molecule has 84 valence electrons. The van der Waals surface area contributed by atoms with Gasteiger partial charge in [0, 0.05) is 18.0 Å². The Morgan fingerprint density at radius 1 is 1.06 bits per heavy atom. The summed E-state index contributed by atoms with van der Waals surface area (Å²) in [4.78, 5) is 4.16. The number of benzene rings is 1. The first kappa shape index (κ1) is 9.84. The van der Waals surface area contributed by atoms with Gasteiger partial charge in [0.25, 0.3) is 0 Å². The van der Waals surface area contributed by atoms with Crippen LogP contribution in [0, 0.1) is 0 Å². The molecule has 3 rings (SSSR count). The van der Waals surface area contributed by atoms with Crippen molar-refractivity contribution < 1.29 is 4.74 Å². The van der Waals surface area contributed by atoms with Gasteiger partial charge in [0.1, 0.15) is 5.75 Å². The van der Waals surface area contributed by atoms with Crippen LogP contribution >= 0.6 is 0 Å². The third-order valence-electron chi connectivity index (χ3n) is 2.64. The monoisotopic (exact) mass is 225 g/mol. The molecular formula is C13H11N3O. The van der Waals surface area contributed by atoms with Crippen molar-refractivity contribution in [2.75, 3.05) is 7.11 Å². The fourth-order valence-electron chi connectivity index (χ4n) is 1.73. The van der Waals surface area contributed by atoms with Crippen molar-refractivity contribution in [3.63, 3.8) is 0 Å². The van der Waals surface area contributed by atoms with E-state index in [-0.39, 0.29) is 0 Å². The standard InChI is InChI=1S/C13H11N3O/c1-17-11-4-2-10(3-5-11)12-6-7-13-14-8-9-16(13)15-12/h2-9H,1H3.